The van der Waals surface area contributed by atoms with Crippen LogP contribution in [-0.2, 0) is 30.3 Å². The number of alkyl carbamates (subject to hydrolysis) is 1. The van der Waals surface area contributed by atoms with Crippen molar-refractivity contribution in [3.05, 3.63) is 72.4 Å². The number of alkyl halides is 3. The first-order valence-corrected chi connectivity index (χ1v) is 20.3. The largest absolute Gasteiger partial charge is 0.490 e. The molecule has 0 unspecified atom stereocenters. The number of aliphatic carboxylic acids is 1. The quantitative estimate of drug-likeness (QED) is 0.118. The summed E-state index contributed by atoms with van der Waals surface area (Å²) in [5.74, 6) is -2.46. The first kappa shape index (κ1) is 47.1. The van der Waals surface area contributed by atoms with Crippen LogP contribution in [0, 0.1) is 11.8 Å². The van der Waals surface area contributed by atoms with Crippen molar-refractivity contribution in [3.63, 3.8) is 0 Å². The van der Waals surface area contributed by atoms with Crippen LogP contribution in [-0.4, -0.2) is 123 Å². The lowest BCUT2D eigenvalue weighted by molar-refractivity contribution is -0.192. The number of imide groups is 1. The van der Waals surface area contributed by atoms with Crippen molar-refractivity contribution >= 4 is 35.4 Å². The minimum absolute atomic E-state index is 0.205. The predicted octanol–water partition coefficient (Wildman–Crippen LogP) is 5.07. The Hall–Kier alpha value is -5.99. The number of carbonyl (C=O) groups excluding carboxylic acids is 3. The molecule has 1 aliphatic carbocycles. The number of amides is 3. The zero-order chi connectivity index (χ0) is 44.9. The fourth-order valence-corrected chi connectivity index (χ4v) is 6.92. The van der Waals surface area contributed by atoms with E-state index in [9.17, 15) is 27.6 Å². The minimum atomic E-state index is -5.08. The van der Waals surface area contributed by atoms with Gasteiger partial charge in [-0.1, -0.05) is 24.3 Å². The molecule has 2 aliphatic rings. The third kappa shape index (κ3) is 14.3. The van der Waals surface area contributed by atoms with Gasteiger partial charge in [0.1, 0.15) is 11.4 Å². The number of pyridine rings is 1. The minimum Gasteiger partial charge on any atom is -0.475 e. The van der Waals surface area contributed by atoms with Gasteiger partial charge in [-0.3, -0.25) is 14.5 Å². The Bertz CT molecular complexity index is 2050. The number of carboxylic acids is 1. The second kappa shape index (κ2) is 21.7. The van der Waals surface area contributed by atoms with Crippen molar-refractivity contribution < 1.29 is 46.9 Å². The molecule has 2 aromatic carbocycles. The van der Waals surface area contributed by atoms with Gasteiger partial charge in [0.2, 0.25) is 11.7 Å². The number of nitrogens with one attached hydrogen (secondary N) is 3. The molecule has 4 aromatic rings. The number of aromatic nitrogens is 5. The SMILES string of the molecule is CC(C)(C)OC(=O)NC[C@H]1CC[C@H](C(=O)N(C(=O)[C@@H](N)Cc2ccc(-c3ccc(NCCN4CCOCC4)nc3)cc2)c2ccc(-c3nn[nH]n3)cc2)CC1.O=C(O)C(F)(F)F. The first-order valence-electron chi connectivity index (χ1n) is 20.3. The zero-order valence-corrected chi connectivity index (χ0v) is 34.9. The molecule has 0 bridgehead atoms. The number of hydrogen-bond acceptors (Lipinski definition) is 13. The molecule has 0 spiro atoms. The lowest BCUT2D eigenvalue weighted by Gasteiger charge is -2.32. The molecular weight excluding hydrogens is 814 g/mol. The molecule has 3 heterocycles. The third-order valence-corrected chi connectivity index (χ3v) is 10.2. The van der Waals surface area contributed by atoms with Crippen LogP contribution >= 0.6 is 0 Å². The summed E-state index contributed by atoms with van der Waals surface area (Å²) in [6.07, 6.45) is -0.815. The van der Waals surface area contributed by atoms with E-state index in [1.54, 1.807) is 24.3 Å². The van der Waals surface area contributed by atoms with Gasteiger partial charge in [-0.2, -0.15) is 18.4 Å². The molecule has 3 amide bonds. The van der Waals surface area contributed by atoms with Gasteiger partial charge in [0, 0.05) is 56.0 Å². The topological polar surface area (TPSA) is 231 Å². The Morgan fingerprint density at radius 1 is 0.952 bits per heavy atom. The molecule has 2 fully saturated rings. The fraction of sp³-hybridized carbons (Fsp3) is 0.476. The van der Waals surface area contributed by atoms with E-state index in [0.717, 1.165) is 74.7 Å². The number of carboxylic acid groups (broad SMARTS) is 1. The van der Waals surface area contributed by atoms with Crippen molar-refractivity contribution in [1.82, 2.24) is 35.8 Å². The molecule has 1 saturated heterocycles. The lowest BCUT2D eigenvalue weighted by Crippen LogP contribution is -2.50. The van der Waals surface area contributed by atoms with Gasteiger partial charge in [-0.25, -0.2) is 19.5 Å². The van der Waals surface area contributed by atoms with Crippen LogP contribution in [0.4, 0.5) is 29.5 Å². The Morgan fingerprint density at radius 2 is 1.58 bits per heavy atom. The highest BCUT2D eigenvalue weighted by Gasteiger charge is 2.38. The Labute approximate surface area is 356 Å². The average Bonchev–Trinajstić information content (AvgIpc) is 3.79. The van der Waals surface area contributed by atoms with Gasteiger partial charge in [-0.05, 0) is 112 Å². The van der Waals surface area contributed by atoms with Crippen LogP contribution in [0.1, 0.15) is 52.0 Å². The number of rotatable bonds is 13. The molecule has 334 valence electrons. The van der Waals surface area contributed by atoms with E-state index in [0.29, 0.717) is 36.5 Å². The fourth-order valence-electron chi connectivity index (χ4n) is 6.92. The Balaban J connectivity index is 0.000000955. The summed E-state index contributed by atoms with van der Waals surface area (Å²) in [4.78, 5) is 57.6. The van der Waals surface area contributed by atoms with E-state index in [4.69, 9.17) is 25.1 Å². The summed E-state index contributed by atoms with van der Waals surface area (Å²) < 4.78 is 42.5. The summed E-state index contributed by atoms with van der Waals surface area (Å²) in [6.45, 7) is 11.2. The van der Waals surface area contributed by atoms with Crippen molar-refractivity contribution in [3.8, 4) is 22.5 Å². The number of aromatic amines is 1. The van der Waals surface area contributed by atoms with Crippen LogP contribution < -0.4 is 21.3 Å². The number of nitrogens with zero attached hydrogens (tertiary/aromatic N) is 6. The van der Waals surface area contributed by atoms with Crippen LogP contribution in [0.15, 0.2) is 66.9 Å². The molecule has 1 aliphatic heterocycles. The summed E-state index contributed by atoms with van der Waals surface area (Å²) in [5, 5.41) is 27.5. The lowest BCUT2D eigenvalue weighted by atomic mass is 9.81. The highest BCUT2D eigenvalue weighted by Crippen LogP contribution is 2.32. The van der Waals surface area contributed by atoms with Gasteiger partial charge in [0.05, 0.1) is 24.9 Å². The van der Waals surface area contributed by atoms with Crippen LogP contribution in [0.25, 0.3) is 22.5 Å². The number of halogens is 3. The highest BCUT2D eigenvalue weighted by atomic mass is 19.4. The third-order valence-electron chi connectivity index (χ3n) is 10.2. The van der Waals surface area contributed by atoms with Crippen LogP contribution in [0.2, 0.25) is 0 Å². The number of tetrazole rings is 1. The number of carbonyl (C=O) groups is 4. The van der Waals surface area contributed by atoms with Crippen LogP contribution in [0.3, 0.4) is 0 Å². The molecule has 6 N–H and O–H groups in total. The zero-order valence-electron chi connectivity index (χ0n) is 34.9. The summed E-state index contributed by atoms with van der Waals surface area (Å²) in [7, 11) is 0. The number of H-pyrrole nitrogens is 1. The number of anilines is 2. The molecule has 0 radical (unpaired) electrons. The number of ether oxygens (including phenoxy) is 2. The highest BCUT2D eigenvalue weighted by molar-refractivity contribution is 6.17. The summed E-state index contributed by atoms with van der Waals surface area (Å²) >= 11 is 0. The number of benzene rings is 2. The second-order valence-electron chi connectivity index (χ2n) is 16.0. The smallest absolute Gasteiger partial charge is 0.475 e. The molecular formula is C42H53F3N10O7. The van der Waals surface area contributed by atoms with E-state index < -0.39 is 35.8 Å². The molecule has 17 nitrogen and oxygen atoms in total. The first-order chi connectivity index (χ1) is 29.5. The van der Waals surface area contributed by atoms with Gasteiger partial charge in [0.25, 0.3) is 5.91 Å². The second-order valence-corrected chi connectivity index (χ2v) is 16.0. The van der Waals surface area contributed by atoms with Crippen LogP contribution in [0.5, 0.6) is 0 Å². The van der Waals surface area contributed by atoms with Crippen molar-refractivity contribution in [2.75, 3.05) is 56.2 Å². The maximum Gasteiger partial charge on any atom is 0.490 e. The molecule has 20 heteroatoms. The number of morpholine rings is 1. The van der Waals surface area contributed by atoms with Crippen molar-refractivity contribution in [1.29, 1.82) is 0 Å². The van der Waals surface area contributed by atoms with E-state index >= 15 is 0 Å². The van der Waals surface area contributed by atoms with E-state index in [-0.39, 0.29) is 24.2 Å². The molecule has 6 rings (SSSR count). The van der Waals surface area contributed by atoms with E-state index in [1.807, 2.05) is 63.4 Å². The van der Waals surface area contributed by atoms with E-state index in [2.05, 4.69) is 41.1 Å². The molecule has 1 atom stereocenters. The number of hydrogen-bond donors (Lipinski definition) is 5. The average molecular weight is 867 g/mol. The maximum absolute atomic E-state index is 14.2. The van der Waals surface area contributed by atoms with Gasteiger partial charge in [-0.15, -0.1) is 10.2 Å². The monoisotopic (exact) mass is 866 g/mol. The van der Waals surface area contributed by atoms with Gasteiger partial charge < -0.3 is 30.9 Å². The molecule has 2 aromatic heterocycles. The van der Waals surface area contributed by atoms with Crippen molar-refractivity contribution in [2.24, 2.45) is 17.6 Å². The standard InChI is InChI=1S/C40H52N10O5.C2HF3O2/c1-40(2,3)55-39(53)44-25-28-6-10-31(11-7-28)37(51)50(33-15-12-30(13-16-33)36-45-47-48-46-36)38(52)34(41)24-27-4-8-29(9-5-27)32-14-17-35(43-26-32)42-18-19-49-20-22-54-23-21-49;3-2(4,5)1(6)7/h4-5,8-9,12-17,26,28,31,34H,6-7,10-11,18-25,41H2,1-3H3,(H,42,43)(H,44,53)(H,45,46,47,48);(H,6,7)/t28-,31-,34-;/m0./s1. The predicted molar refractivity (Wildman–Crippen MR) is 223 cm³/mol. The Kier molecular flexibility index (Phi) is 16.5. The summed E-state index contributed by atoms with van der Waals surface area (Å²) in [5.41, 5.74) is 9.96. The Morgan fingerprint density at radius 3 is 2.15 bits per heavy atom. The normalized spacial score (nSPS) is 17.5. The van der Waals surface area contributed by atoms with Gasteiger partial charge >= 0.3 is 18.2 Å². The molecule has 1 saturated carbocycles. The maximum atomic E-state index is 14.2. The van der Waals surface area contributed by atoms with Gasteiger partial charge in [0.15, 0.2) is 0 Å². The molecule has 62 heavy (non-hydrogen) atoms. The van der Waals surface area contributed by atoms with Crippen molar-refractivity contribution in [2.45, 2.75) is 70.7 Å². The van der Waals surface area contributed by atoms with E-state index in [1.165, 1.54) is 4.90 Å². The number of nitrogens with two attached hydrogens (primary N) is 1. The summed E-state index contributed by atoms with van der Waals surface area (Å²) in [6, 6.07) is 17.8.